The van der Waals surface area contributed by atoms with Crippen molar-refractivity contribution in [2.75, 3.05) is 13.1 Å². The molecular formula is C10H13N5O2. The van der Waals surface area contributed by atoms with Gasteiger partial charge in [0.05, 0.1) is 0 Å². The number of hydrogen-bond acceptors (Lipinski definition) is 6. The maximum absolute atomic E-state index is 10.2. The van der Waals surface area contributed by atoms with Crippen LogP contribution in [0, 0.1) is 0 Å². The van der Waals surface area contributed by atoms with Crippen LogP contribution in [-0.4, -0.2) is 38.1 Å². The molecule has 0 aliphatic carbocycles. The van der Waals surface area contributed by atoms with E-state index in [4.69, 9.17) is 4.52 Å². The van der Waals surface area contributed by atoms with Gasteiger partial charge >= 0.3 is 0 Å². The first-order chi connectivity index (χ1) is 8.17. The molecule has 3 heterocycles. The molecule has 1 fully saturated rings. The maximum atomic E-state index is 10.2. The Bertz CT molecular complexity index is 526. The SMILES string of the molecule is Cn1ccc(-c2noc(C3(O)CCNC3)n2)n1. The van der Waals surface area contributed by atoms with Crippen molar-refractivity contribution in [1.82, 2.24) is 25.2 Å². The van der Waals surface area contributed by atoms with Gasteiger partial charge in [-0.05, 0) is 19.0 Å². The van der Waals surface area contributed by atoms with Crippen molar-refractivity contribution in [3.63, 3.8) is 0 Å². The molecule has 0 saturated carbocycles. The zero-order valence-electron chi connectivity index (χ0n) is 9.42. The summed E-state index contributed by atoms with van der Waals surface area (Å²) < 4.78 is 6.78. The molecule has 1 atom stereocenters. The number of aliphatic hydroxyl groups is 1. The number of nitrogens with zero attached hydrogens (tertiary/aromatic N) is 4. The fraction of sp³-hybridized carbons (Fsp3) is 0.500. The van der Waals surface area contributed by atoms with Crippen LogP contribution in [0.25, 0.3) is 11.5 Å². The molecule has 1 aliphatic heterocycles. The molecule has 0 radical (unpaired) electrons. The molecule has 0 aromatic carbocycles. The summed E-state index contributed by atoms with van der Waals surface area (Å²) in [6.07, 6.45) is 2.38. The maximum Gasteiger partial charge on any atom is 0.260 e. The Hall–Kier alpha value is -1.73. The van der Waals surface area contributed by atoms with Gasteiger partial charge < -0.3 is 14.9 Å². The van der Waals surface area contributed by atoms with Crippen LogP contribution in [0.2, 0.25) is 0 Å². The molecule has 7 nitrogen and oxygen atoms in total. The first-order valence-electron chi connectivity index (χ1n) is 5.45. The average Bonchev–Trinajstić information content (AvgIpc) is 2.96. The van der Waals surface area contributed by atoms with Gasteiger partial charge in [0.1, 0.15) is 5.69 Å². The Labute approximate surface area is 97.4 Å². The molecule has 2 aromatic rings. The molecule has 0 bridgehead atoms. The molecule has 0 amide bonds. The van der Waals surface area contributed by atoms with E-state index in [1.54, 1.807) is 16.9 Å². The summed E-state index contributed by atoms with van der Waals surface area (Å²) >= 11 is 0. The highest BCUT2D eigenvalue weighted by atomic mass is 16.5. The Morgan fingerprint density at radius 3 is 3.12 bits per heavy atom. The van der Waals surface area contributed by atoms with Crippen LogP contribution < -0.4 is 5.32 Å². The third-order valence-electron chi connectivity index (χ3n) is 2.90. The van der Waals surface area contributed by atoms with Gasteiger partial charge in [0, 0.05) is 19.8 Å². The predicted molar refractivity (Wildman–Crippen MR) is 57.9 cm³/mol. The van der Waals surface area contributed by atoms with Crippen molar-refractivity contribution in [1.29, 1.82) is 0 Å². The zero-order chi connectivity index (χ0) is 11.9. The van der Waals surface area contributed by atoms with E-state index in [0.29, 0.717) is 24.5 Å². The monoisotopic (exact) mass is 235 g/mol. The lowest BCUT2D eigenvalue weighted by atomic mass is 10.0. The summed E-state index contributed by atoms with van der Waals surface area (Å²) in [5.41, 5.74) is -0.405. The molecular weight excluding hydrogens is 222 g/mol. The minimum Gasteiger partial charge on any atom is -0.379 e. The molecule has 1 aliphatic rings. The fourth-order valence-electron chi connectivity index (χ4n) is 1.91. The minimum absolute atomic E-state index is 0.253. The summed E-state index contributed by atoms with van der Waals surface area (Å²) in [7, 11) is 1.82. The summed E-state index contributed by atoms with van der Waals surface area (Å²) in [5, 5.41) is 21.3. The third kappa shape index (κ3) is 1.73. The second-order valence-corrected chi connectivity index (χ2v) is 4.26. The standard InChI is InChI=1S/C10H13N5O2/c1-15-5-2-7(13-15)8-12-9(17-14-8)10(16)3-4-11-6-10/h2,5,11,16H,3-4,6H2,1H3. The minimum atomic E-state index is -1.04. The van der Waals surface area contributed by atoms with Gasteiger partial charge in [-0.25, -0.2) is 0 Å². The van der Waals surface area contributed by atoms with Gasteiger partial charge in [0.2, 0.25) is 5.82 Å². The molecule has 0 spiro atoms. The van der Waals surface area contributed by atoms with Crippen LogP contribution in [0.1, 0.15) is 12.3 Å². The zero-order valence-corrected chi connectivity index (χ0v) is 9.42. The Kier molecular flexibility index (Phi) is 2.23. The summed E-state index contributed by atoms with van der Waals surface area (Å²) in [5.74, 6) is 0.657. The number of nitrogens with one attached hydrogen (secondary N) is 1. The van der Waals surface area contributed by atoms with Gasteiger partial charge in [-0.3, -0.25) is 4.68 Å². The van der Waals surface area contributed by atoms with Crippen LogP contribution in [0.3, 0.4) is 0 Å². The number of aromatic nitrogens is 4. The van der Waals surface area contributed by atoms with Crippen molar-refractivity contribution in [2.24, 2.45) is 7.05 Å². The molecule has 2 N–H and O–H groups in total. The van der Waals surface area contributed by atoms with Gasteiger partial charge in [-0.1, -0.05) is 5.16 Å². The van der Waals surface area contributed by atoms with Crippen LogP contribution >= 0.6 is 0 Å². The molecule has 90 valence electrons. The van der Waals surface area contributed by atoms with E-state index in [2.05, 4.69) is 20.6 Å². The smallest absolute Gasteiger partial charge is 0.260 e. The van der Waals surface area contributed by atoms with E-state index in [0.717, 1.165) is 6.54 Å². The fourth-order valence-corrected chi connectivity index (χ4v) is 1.91. The molecule has 17 heavy (non-hydrogen) atoms. The van der Waals surface area contributed by atoms with E-state index >= 15 is 0 Å². The third-order valence-corrected chi connectivity index (χ3v) is 2.90. The van der Waals surface area contributed by atoms with Crippen molar-refractivity contribution in [3.8, 4) is 11.5 Å². The largest absolute Gasteiger partial charge is 0.379 e. The first-order valence-corrected chi connectivity index (χ1v) is 5.45. The number of aryl methyl sites for hydroxylation is 1. The molecule has 2 aromatic heterocycles. The van der Waals surface area contributed by atoms with E-state index in [-0.39, 0.29) is 5.89 Å². The highest BCUT2D eigenvalue weighted by molar-refractivity contribution is 5.46. The lowest BCUT2D eigenvalue weighted by molar-refractivity contribution is 0.0243. The van der Waals surface area contributed by atoms with Crippen molar-refractivity contribution >= 4 is 0 Å². The van der Waals surface area contributed by atoms with Crippen molar-refractivity contribution < 1.29 is 9.63 Å². The van der Waals surface area contributed by atoms with Crippen LogP contribution in [0.15, 0.2) is 16.8 Å². The first kappa shape index (κ1) is 10.4. The van der Waals surface area contributed by atoms with Gasteiger partial charge in [-0.15, -0.1) is 0 Å². The molecule has 7 heteroatoms. The topological polar surface area (TPSA) is 89.0 Å². The van der Waals surface area contributed by atoms with Crippen molar-refractivity contribution in [2.45, 2.75) is 12.0 Å². The molecule has 1 unspecified atom stereocenters. The van der Waals surface area contributed by atoms with E-state index in [9.17, 15) is 5.11 Å². The van der Waals surface area contributed by atoms with Crippen molar-refractivity contribution in [3.05, 3.63) is 18.2 Å². The van der Waals surface area contributed by atoms with Crippen LogP contribution in [0.4, 0.5) is 0 Å². The predicted octanol–water partition coefficient (Wildman–Crippen LogP) is -0.349. The second kappa shape index (κ2) is 3.64. The average molecular weight is 235 g/mol. The molecule has 3 rings (SSSR count). The van der Waals surface area contributed by atoms with E-state index in [1.807, 2.05) is 7.05 Å². The Morgan fingerprint density at radius 1 is 1.59 bits per heavy atom. The van der Waals surface area contributed by atoms with Crippen LogP contribution in [0.5, 0.6) is 0 Å². The van der Waals surface area contributed by atoms with Gasteiger partial charge in [0.15, 0.2) is 5.60 Å². The number of rotatable bonds is 2. The quantitative estimate of drug-likeness (QED) is 0.739. The Balaban J connectivity index is 1.92. The normalized spacial score (nSPS) is 24.4. The lowest BCUT2D eigenvalue weighted by Crippen LogP contribution is -2.28. The van der Waals surface area contributed by atoms with E-state index < -0.39 is 5.60 Å². The van der Waals surface area contributed by atoms with Crippen LogP contribution in [-0.2, 0) is 12.6 Å². The second-order valence-electron chi connectivity index (χ2n) is 4.26. The number of hydrogen-bond donors (Lipinski definition) is 2. The highest BCUT2D eigenvalue weighted by Crippen LogP contribution is 2.27. The lowest BCUT2D eigenvalue weighted by Gasteiger charge is -2.14. The van der Waals surface area contributed by atoms with Gasteiger partial charge in [0.25, 0.3) is 5.89 Å². The Morgan fingerprint density at radius 2 is 2.47 bits per heavy atom. The van der Waals surface area contributed by atoms with Gasteiger partial charge in [-0.2, -0.15) is 10.1 Å². The summed E-state index contributed by atoms with van der Waals surface area (Å²) in [4.78, 5) is 4.20. The summed E-state index contributed by atoms with van der Waals surface area (Å²) in [6, 6.07) is 1.80. The number of β-amino-alcohol motifs (C(OH)–C–C–N with tert-alkyl or cyclic N) is 1. The van der Waals surface area contributed by atoms with E-state index in [1.165, 1.54) is 0 Å². The highest BCUT2D eigenvalue weighted by Gasteiger charge is 2.38. The summed E-state index contributed by atoms with van der Waals surface area (Å²) in [6.45, 7) is 1.19. The molecule has 1 saturated heterocycles.